The number of hydrogen-bond donors (Lipinski definition) is 3. The van der Waals surface area contributed by atoms with E-state index < -0.39 is 11.5 Å². The normalized spacial score (nSPS) is 13.2. The third-order valence-corrected chi connectivity index (χ3v) is 2.51. The quantitative estimate of drug-likeness (QED) is 0.642. The van der Waals surface area contributed by atoms with E-state index in [1.54, 1.807) is 21.0 Å². The second-order valence-electron chi connectivity index (χ2n) is 5.36. The van der Waals surface area contributed by atoms with Crippen LogP contribution in [0.1, 0.15) is 34.1 Å². The van der Waals surface area contributed by atoms with Gasteiger partial charge in [-0.3, -0.25) is 4.79 Å². The molecule has 18 heavy (non-hydrogen) atoms. The van der Waals surface area contributed by atoms with Crippen LogP contribution in [0.3, 0.4) is 0 Å². The van der Waals surface area contributed by atoms with Gasteiger partial charge in [-0.1, -0.05) is 13.8 Å². The molecule has 0 bridgehead atoms. The SMILES string of the molecule is COCC(NC(=O)NC(C)(C)CC(=O)O)C(C)C. The number of ether oxygens (including phenoxy) is 1. The van der Waals surface area contributed by atoms with Gasteiger partial charge in [-0.15, -0.1) is 0 Å². The Kier molecular flexibility index (Phi) is 6.68. The Morgan fingerprint density at radius 2 is 1.89 bits per heavy atom. The lowest BCUT2D eigenvalue weighted by molar-refractivity contribution is -0.138. The minimum Gasteiger partial charge on any atom is -0.481 e. The number of rotatable bonds is 7. The summed E-state index contributed by atoms with van der Waals surface area (Å²) in [5.41, 5.74) is -0.787. The first-order valence-electron chi connectivity index (χ1n) is 5.97. The van der Waals surface area contributed by atoms with Crippen molar-refractivity contribution in [3.05, 3.63) is 0 Å². The first-order valence-corrected chi connectivity index (χ1v) is 5.97. The van der Waals surface area contributed by atoms with Crippen LogP contribution in [0.25, 0.3) is 0 Å². The van der Waals surface area contributed by atoms with Gasteiger partial charge in [-0.2, -0.15) is 0 Å². The molecule has 0 aliphatic heterocycles. The third-order valence-electron chi connectivity index (χ3n) is 2.51. The van der Waals surface area contributed by atoms with Crippen LogP contribution in [-0.2, 0) is 9.53 Å². The van der Waals surface area contributed by atoms with Gasteiger partial charge in [0.05, 0.1) is 19.1 Å². The van der Waals surface area contributed by atoms with E-state index in [0.717, 1.165) is 0 Å². The van der Waals surface area contributed by atoms with Gasteiger partial charge in [0.2, 0.25) is 0 Å². The van der Waals surface area contributed by atoms with Crippen molar-refractivity contribution in [1.82, 2.24) is 10.6 Å². The first kappa shape index (κ1) is 16.7. The largest absolute Gasteiger partial charge is 0.481 e. The van der Waals surface area contributed by atoms with E-state index in [4.69, 9.17) is 9.84 Å². The lowest BCUT2D eigenvalue weighted by Crippen LogP contribution is -2.53. The van der Waals surface area contributed by atoms with Gasteiger partial charge in [0.1, 0.15) is 0 Å². The number of urea groups is 1. The summed E-state index contributed by atoms with van der Waals surface area (Å²) in [5.74, 6) is -0.712. The van der Waals surface area contributed by atoms with Crippen molar-refractivity contribution in [3.63, 3.8) is 0 Å². The Bertz CT molecular complexity index is 290. The van der Waals surface area contributed by atoms with Crippen LogP contribution in [-0.4, -0.2) is 42.4 Å². The number of hydrogen-bond acceptors (Lipinski definition) is 3. The van der Waals surface area contributed by atoms with E-state index in [2.05, 4.69) is 10.6 Å². The van der Waals surface area contributed by atoms with Gasteiger partial charge < -0.3 is 20.5 Å². The summed E-state index contributed by atoms with van der Waals surface area (Å²) < 4.78 is 5.02. The Morgan fingerprint density at radius 1 is 1.33 bits per heavy atom. The standard InChI is InChI=1S/C12H24N2O4/c1-8(2)9(7-18-5)13-11(17)14-12(3,4)6-10(15)16/h8-9H,6-7H2,1-5H3,(H,15,16)(H2,13,14,17). The Balaban J connectivity index is 4.35. The lowest BCUT2D eigenvalue weighted by Gasteiger charge is -2.27. The minimum absolute atomic E-state index is 0.101. The average molecular weight is 260 g/mol. The fourth-order valence-corrected chi connectivity index (χ4v) is 1.51. The molecule has 0 aromatic rings. The summed E-state index contributed by atoms with van der Waals surface area (Å²) in [6.45, 7) is 7.71. The fraction of sp³-hybridized carbons (Fsp3) is 0.833. The first-order chi connectivity index (χ1) is 8.18. The molecule has 3 N–H and O–H groups in total. The smallest absolute Gasteiger partial charge is 0.315 e. The second kappa shape index (κ2) is 7.20. The fourth-order valence-electron chi connectivity index (χ4n) is 1.51. The number of methoxy groups -OCH3 is 1. The molecule has 6 nitrogen and oxygen atoms in total. The molecule has 2 amide bonds. The highest BCUT2D eigenvalue weighted by molar-refractivity contribution is 5.76. The summed E-state index contributed by atoms with van der Waals surface area (Å²) in [6.07, 6.45) is -0.128. The van der Waals surface area contributed by atoms with E-state index in [0.29, 0.717) is 6.61 Å². The molecule has 1 unspecified atom stereocenters. The third kappa shape index (κ3) is 7.11. The van der Waals surface area contributed by atoms with Crippen LogP contribution >= 0.6 is 0 Å². The van der Waals surface area contributed by atoms with Crippen LogP contribution in [0.2, 0.25) is 0 Å². The number of amides is 2. The molecular weight excluding hydrogens is 236 g/mol. The molecular formula is C12H24N2O4. The van der Waals surface area contributed by atoms with Gasteiger partial charge in [0.25, 0.3) is 0 Å². The maximum atomic E-state index is 11.8. The zero-order chi connectivity index (χ0) is 14.3. The van der Waals surface area contributed by atoms with E-state index in [1.807, 2.05) is 13.8 Å². The summed E-state index contributed by atoms with van der Waals surface area (Å²) in [6, 6.07) is -0.479. The highest BCUT2D eigenvalue weighted by Gasteiger charge is 2.25. The molecule has 6 heteroatoms. The topological polar surface area (TPSA) is 87.7 Å². The monoisotopic (exact) mass is 260 g/mol. The predicted octanol–water partition coefficient (Wildman–Crippen LogP) is 1.21. The molecule has 0 radical (unpaired) electrons. The van der Waals surface area contributed by atoms with Crippen molar-refractivity contribution < 1.29 is 19.4 Å². The van der Waals surface area contributed by atoms with Crippen LogP contribution < -0.4 is 10.6 Å². The average Bonchev–Trinajstić information content (AvgIpc) is 2.13. The van der Waals surface area contributed by atoms with Crippen molar-refractivity contribution in [3.8, 4) is 0 Å². The summed E-state index contributed by atoms with van der Waals surface area (Å²) in [5, 5.41) is 14.1. The minimum atomic E-state index is -0.947. The Labute approximate surface area is 108 Å². The molecule has 0 aromatic carbocycles. The van der Waals surface area contributed by atoms with Crippen LogP contribution in [0.4, 0.5) is 4.79 Å². The molecule has 0 aromatic heterocycles. The second-order valence-corrected chi connectivity index (χ2v) is 5.36. The number of carboxylic acids is 1. The Morgan fingerprint density at radius 3 is 2.28 bits per heavy atom. The maximum Gasteiger partial charge on any atom is 0.315 e. The number of aliphatic carboxylic acids is 1. The molecule has 106 valence electrons. The van der Waals surface area contributed by atoms with Crippen LogP contribution in [0.5, 0.6) is 0 Å². The van der Waals surface area contributed by atoms with Crippen molar-refractivity contribution in [2.75, 3.05) is 13.7 Å². The van der Waals surface area contributed by atoms with Crippen LogP contribution in [0.15, 0.2) is 0 Å². The predicted molar refractivity (Wildman–Crippen MR) is 68.5 cm³/mol. The van der Waals surface area contributed by atoms with Crippen molar-refractivity contribution in [1.29, 1.82) is 0 Å². The molecule has 0 heterocycles. The zero-order valence-corrected chi connectivity index (χ0v) is 11.7. The lowest BCUT2D eigenvalue weighted by atomic mass is 10.0. The van der Waals surface area contributed by atoms with Gasteiger partial charge >= 0.3 is 12.0 Å². The zero-order valence-electron chi connectivity index (χ0n) is 11.7. The molecule has 0 aliphatic rings. The summed E-state index contributed by atoms with van der Waals surface area (Å²) in [4.78, 5) is 22.4. The number of nitrogens with one attached hydrogen (secondary N) is 2. The molecule has 1 atom stereocenters. The summed E-state index contributed by atoms with van der Waals surface area (Å²) >= 11 is 0. The molecule has 0 saturated carbocycles. The van der Waals surface area contributed by atoms with E-state index in [1.165, 1.54) is 0 Å². The molecule has 0 aliphatic carbocycles. The van der Waals surface area contributed by atoms with Crippen molar-refractivity contribution >= 4 is 12.0 Å². The molecule has 0 rings (SSSR count). The molecule has 0 fully saturated rings. The highest BCUT2D eigenvalue weighted by atomic mass is 16.5. The van der Waals surface area contributed by atoms with Gasteiger partial charge in [0, 0.05) is 12.6 Å². The van der Waals surface area contributed by atoms with E-state index in [-0.39, 0.29) is 24.4 Å². The summed E-state index contributed by atoms with van der Waals surface area (Å²) in [7, 11) is 1.57. The van der Waals surface area contributed by atoms with Crippen LogP contribution in [0, 0.1) is 5.92 Å². The molecule has 0 saturated heterocycles. The van der Waals surface area contributed by atoms with E-state index >= 15 is 0 Å². The number of carbonyl (C=O) groups is 2. The number of carboxylic acid groups (broad SMARTS) is 1. The Hall–Kier alpha value is -1.30. The maximum absolute atomic E-state index is 11.8. The highest BCUT2D eigenvalue weighted by Crippen LogP contribution is 2.08. The molecule has 0 spiro atoms. The van der Waals surface area contributed by atoms with E-state index in [9.17, 15) is 9.59 Å². The number of carbonyl (C=O) groups excluding carboxylic acids is 1. The van der Waals surface area contributed by atoms with Crippen molar-refractivity contribution in [2.45, 2.75) is 45.7 Å². The van der Waals surface area contributed by atoms with Gasteiger partial charge in [-0.05, 0) is 19.8 Å². The van der Waals surface area contributed by atoms with Gasteiger partial charge in [-0.25, -0.2) is 4.79 Å². The van der Waals surface area contributed by atoms with Crippen molar-refractivity contribution in [2.24, 2.45) is 5.92 Å². The van der Waals surface area contributed by atoms with Gasteiger partial charge in [0.15, 0.2) is 0 Å².